The molecule has 0 aliphatic heterocycles. The van der Waals surface area contributed by atoms with Crippen LogP contribution >= 0.6 is 22.7 Å². The van der Waals surface area contributed by atoms with Crippen LogP contribution in [0.5, 0.6) is 0 Å². The summed E-state index contributed by atoms with van der Waals surface area (Å²) in [6.07, 6.45) is 4.16. The van der Waals surface area contributed by atoms with Gasteiger partial charge < -0.3 is 9.32 Å². The molecule has 0 spiro atoms. The minimum Gasteiger partial charge on any atom is -0.467 e. The summed E-state index contributed by atoms with van der Waals surface area (Å²) >= 11 is 3.18. The molecular formula is C17H18N2O2S2. The Labute approximate surface area is 143 Å². The maximum Gasteiger partial charge on any atom is 0.266 e. The van der Waals surface area contributed by atoms with E-state index in [1.165, 1.54) is 21.1 Å². The number of nitrogens with zero attached hydrogens (tertiary/aromatic N) is 2. The number of hydrogen-bond acceptors (Lipinski definition) is 5. The monoisotopic (exact) mass is 346 g/mol. The summed E-state index contributed by atoms with van der Waals surface area (Å²) in [4.78, 5) is 22.1. The summed E-state index contributed by atoms with van der Waals surface area (Å²) in [6, 6.07) is 7.89. The van der Waals surface area contributed by atoms with E-state index in [1.807, 2.05) is 24.0 Å². The normalized spacial score (nSPS) is 10.9. The van der Waals surface area contributed by atoms with Gasteiger partial charge in [0.05, 0.1) is 30.6 Å². The van der Waals surface area contributed by atoms with Crippen molar-refractivity contribution in [2.75, 3.05) is 0 Å². The lowest BCUT2D eigenvalue weighted by Gasteiger charge is -2.20. The molecule has 0 N–H and O–H groups in total. The van der Waals surface area contributed by atoms with Crippen molar-refractivity contribution in [3.05, 3.63) is 62.1 Å². The van der Waals surface area contributed by atoms with Gasteiger partial charge in [-0.1, -0.05) is 6.92 Å². The fourth-order valence-electron chi connectivity index (χ4n) is 2.28. The van der Waals surface area contributed by atoms with Gasteiger partial charge in [0.15, 0.2) is 0 Å². The number of aryl methyl sites for hydroxylation is 2. The van der Waals surface area contributed by atoms with Crippen LogP contribution < -0.4 is 0 Å². The minimum atomic E-state index is 0.00431. The summed E-state index contributed by atoms with van der Waals surface area (Å²) in [7, 11) is 0. The van der Waals surface area contributed by atoms with E-state index >= 15 is 0 Å². The highest BCUT2D eigenvalue weighted by atomic mass is 32.1. The van der Waals surface area contributed by atoms with Crippen LogP contribution in [0.3, 0.4) is 0 Å². The molecule has 0 aliphatic carbocycles. The third-order valence-corrected chi connectivity index (χ3v) is 5.54. The van der Waals surface area contributed by atoms with Crippen LogP contribution in [0, 0.1) is 6.92 Å². The first-order valence-corrected chi connectivity index (χ1v) is 9.10. The van der Waals surface area contributed by atoms with E-state index < -0.39 is 0 Å². The van der Waals surface area contributed by atoms with Crippen LogP contribution in [0.2, 0.25) is 0 Å². The average Bonchev–Trinajstić information content (AvgIpc) is 3.27. The molecule has 0 fully saturated rings. The fraction of sp³-hybridized carbons (Fsp3) is 0.294. The predicted molar refractivity (Wildman–Crippen MR) is 92.8 cm³/mol. The molecule has 0 radical (unpaired) electrons. The number of amides is 1. The number of furan rings is 1. The largest absolute Gasteiger partial charge is 0.467 e. The van der Waals surface area contributed by atoms with E-state index in [9.17, 15) is 4.79 Å². The van der Waals surface area contributed by atoms with Crippen molar-refractivity contribution < 1.29 is 9.21 Å². The molecule has 3 aromatic rings. The minimum absolute atomic E-state index is 0.00431. The summed E-state index contributed by atoms with van der Waals surface area (Å²) in [5.74, 6) is 0.788. The van der Waals surface area contributed by atoms with E-state index in [4.69, 9.17) is 4.42 Å². The van der Waals surface area contributed by atoms with E-state index in [1.54, 1.807) is 23.8 Å². The lowest BCUT2D eigenvalue weighted by molar-refractivity contribution is 0.0724. The zero-order chi connectivity index (χ0) is 16.2. The first-order valence-electron chi connectivity index (χ1n) is 7.47. The van der Waals surface area contributed by atoms with Crippen molar-refractivity contribution in [2.45, 2.75) is 33.4 Å². The molecule has 0 unspecified atom stereocenters. The number of thiazole rings is 1. The summed E-state index contributed by atoms with van der Waals surface area (Å²) in [6.45, 7) is 5.16. The number of rotatable bonds is 6. The number of thiophene rings is 1. The molecule has 6 heteroatoms. The second kappa shape index (κ2) is 7.10. The summed E-state index contributed by atoms with van der Waals surface area (Å²) < 4.78 is 5.42. The van der Waals surface area contributed by atoms with Crippen molar-refractivity contribution in [1.82, 2.24) is 9.88 Å². The highest BCUT2D eigenvalue weighted by Gasteiger charge is 2.20. The van der Waals surface area contributed by atoms with Crippen LogP contribution in [0.15, 0.2) is 41.1 Å². The van der Waals surface area contributed by atoms with Gasteiger partial charge in [-0.15, -0.1) is 22.7 Å². The maximum absolute atomic E-state index is 12.9. The number of aromatic nitrogens is 1. The molecule has 3 heterocycles. The highest BCUT2D eigenvalue weighted by molar-refractivity contribution is 7.13. The van der Waals surface area contributed by atoms with Crippen molar-refractivity contribution in [1.29, 1.82) is 0 Å². The van der Waals surface area contributed by atoms with Gasteiger partial charge in [0.25, 0.3) is 5.91 Å². The highest BCUT2D eigenvalue weighted by Crippen LogP contribution is 2.22. The molecule has 4 nitrogen and oxygen atoms in total. The first-order chi connectivity index (χ1) is 11.2. The summed E-state index contributed by atoms with van der Waals surface area (Å²) in [5.41, 5.74) is 0. The molecule has 0 aliphatic rings. The molecule has 0 atom stereocenters. The van der Waals surface area contributed by atoms with Crippen molar-refractivity contribution >= 4 is 28.6 Å². The number of carbonyl (C=O) groups excluding carboxylic acids is 1. The van der Waals surface area contributed by atoms with Gasteiger partial charge in [0.2, 0.25) is 0 Å². The third kappa shape index (κ3) is 3.89. The van der Waals surface area contributed by atoms with E-state index in [0.717, 1.165) is 17.2 Å². The van der Waals surface area contributed by atoms with Gasteiger partial charge in [0, 0.05) is 9.75 Å². The van der Waals surface area contributed by atoms with Gasteiger partial charge >= 0.3 is 0 Å². The molecule has 3 rings (SSSR count). The molecular weight excluding hydrogens is 328 g/mol. The van der Waals surface area contributed by atoms with E-state index in [-0.39, 0.29) is 5.91 Å². The number of hydrogen-bond donors (Lipinski definition) is 0. The lowest BCUT2D eigenvalue weighted by atomic mass is 10.3. The Bertz CT molecular complexity index is 774. The smallest absolute Gasteiger partial charge is 0.266 e. The Hall–Kier alpha value is -1.92. The van der Waals surface area contributed by atoms with Gasteiger partial charge in [-0.25, -0.2) is 4.98 Å². The van der Waals surface area contributed by atoms with Gasteiger partial charge in [-0.3, -0.25) is 4.79 Å². The lowest BCUT2D eigenvalue weighted by Crippen LogP contribution is -2.29. The fourth-order valence-corrected chi connectivity index (χ4v) is 4.01. The summed E-state index contributed by atoms with van der Waals surface area (Å²) in [5, 5.41) is 0.985. The standard InChI is InChI=1S/C17H18N2O2S2/c1-3-16-18-9-15(23-16)17(20)19(10-13-5-4-8-21-13)11-14-7-6-12(2)22-14/h4-9H,3,10-11H2,1-2H3. The van der Waals surface area contributed by atoms with Crippen molar-refractivity contribution in [3.8, 4) is 0 Å². The van der Waals surface area contributed by atoms with Crippen LogP contribution in [0.25, 0.3) is 0 Å². The van der Waals surface area contributed by atoms with Crippen molar-refractivity contribution in [3.63, 3.8) is 0 Å². The van der Waals surface area contributed by atoms with Crippen LogP contribution in [-0.2, 0) is 19.5 Å². The second-order valence-electron chi connectivity index (χ2n) is 5.22. The molecule has 0 bridgehead atoms. The first kappa shape index (κ1) is 16.0. The Kier molecular flexibility index (Phi) is 4.93. The zero-order valence-corrected chi connectivity index (χ0v) is 14.7. The molecule has 0 saturated carbocycles. The Morgan fingerprint density at radius 3 is 2.74 bits per heavy atom. The topological polar surface area (TPSA) is 46.3 Å². The Balaban J connectivity index is 1.82. The zero-order valence-electron chi connectivity index (χ0n) is 13.1. The molecule has 1 amide bonds. The predicted octanol–water partition coefficient (Wildman–Crippen LogP) is 4.51. The van der Waals surface area contributed by atoms with E-state index in [0.29, 0.717) is 18.0 Å². The van der Waals surface area contributed by atoms with Gasteiger partial charge in [-0.2, -0.15) is 0 Å². The quantitative estimate of drug-likeness (QED) is 0.660. The molecule has 120 valence electrons. The maximum atomic E-state index is 12.9. The van der Waals surface area contributed by atoms with Crippen LogP contribution in [0.1, 0.15) is 37.1 Å². The molecule has 0 aromatic carbocycles. The number of carbonyl (C=O) groups is 1. The Morgan fingerprint density at radius 2 is 2.13 bits per heavy atom. The second-order valence-corrected chi connectivity index (χ2v) is 7.71. The molecule has 23 heavy (non-hydrogen) atoms. The van der Waals surface area contributed by atoms with E-state index in [2.05, 4.69) is 24.0 Å². The van der Waals surface area contributed by atoms with Crippen LogP contribution in [-0.4, -0.2) is 15.8 Å². The third-order valence-electron chi connectivity index (χ3n) is 3.42. The SMILES string of the molecule is CCc1ncc(C(=O)N(Cc2ccco2)Cc2ccc(C)s2)s1. The van der Waals surface area contributed by atoms with Crippen LogP contribution in [0.4, 0.5) is 0 Å². The molecule has 0 saturated heterocycles. The Morgan fingerprint density at radius 1 is 1.26 bits per heavy atom. The molecule has 3 aromatic heterocycles. The van der Waals surface area contributed by atoms with Gasteiger partial charge in [0.1, 0.15) is 10.6 Å². The van der Waals surface area contributed by atoms with Crippen molar-refractivity contribution in [2.24, 2.45) is 0 Å². The van der Waals surface area contributed by atoms with Gasteiger partial charge in [-0.05, 0) is 37.6 Å². The average molecular weight is 346 g/mol.